The van der Waals surface area contributed by atoms with Crippen LogP contribution in [0.3, 0.4) is 0 Å². The number of benzene rings is 1. The highest BCUT2D eigenvalue weighted by Crippen LogP contribution is 2.30. The topological polar surface area (TPSA) is 69.3 Å². The van der Waals surface area contributed by atoms with Gasteiger partial charge in [-0.3, -0.25) is 9.69 Å². The Morgan fingerprint density at radius 3 is 2.50 bits per heavy atom. The number of rotatable bonds is 13. The largest absolute Gasteiger partial charge is 0.493 e. The minimum Gasteiger partial charge on any atom is -0.493 e. The van der Waals surface area contributed by atoms with Crippen LogP contribution in [0, 0.1) is 0 Å². The van der Waals surface area contributed by atoms with Crippen LogP contribution in [-0.4, -0.2) is 72.1 Å². The molecule has 0 aromatic heterocycles. The Hall–Kier alpha value is -1.83. The number of nitrogens with one attached hydrogen (secondary N) is 1. The first-order valence-corrected chi connectivity index (χ1v) is 8.78. The van der Waals surface area contributed by atoms with E-state index in [4.69, 9.17) is 18.9 Å². The number of hydrogen-bond donors (Lipinski definition) is 1. The zero-order valence-corrected chi connectivity index (χ0v) is 16.5. The number of hydrogen-bond acceptors (Lipinski definition) is 6. The van der Waals surface area contributed by atoms with Crippen molar-refractivity contribution in [2.45, 2.75) is 19.4 Å². The van der Waals surface area contributed by atoms with Crippen molar-refractivity contribution in [3.05, 3.63) is 23.8 Å². The lowest BCUT2D eigenvalue weighted by molar-refractivity contribution is -0.122. The molecular formula is C19H32N2O5. The van der Waals surface area contributed by atoms with Gasteiger partial charge >= 0.3 is 0 Å². The lowest BCUT2D eigenvalue weighted by atomic mass is 10.1. The van der Waals surface area contributed by atoms with Gasteiger partial charge in [0.15, 0.2) is 11.5 Å². The highest BCUT2D eigenvalue weighted by Gasteiger charge is 2.14. The van der Waals surface area contributed by atoms with E-state index in [-0.39, 0.29) is 11.9 Å². The van der Waals surface area contributed by atoms with Crippen molar-refractivity contribution in [3.63, 3.8) is 0 Å². The van der Waals surface area contributed by atoms with Crippen molar-refractivity contribution in [2.75, 3.05) is 61.3 Å². The molecule has 0 saturated carbocycles. The summed E-state index contributed by atoms with van der Waals surface area (Å²) in [5.74, 6) is 1.28. The third kappa shape index (κ3) is 8.03. The molecule has 0 radical (unpaired) electrons. The lowest BCUT2D eigenvalue weighted by Gasteiger charge is -2.20. The Labute approximate surface area is 156 Å². The molecule has 0 bridgehead atoms. The van der Waals surface area contributed by atoms with E-state index in [0.717, 1.165) is 18.5 Å². The molecule has 0 aliphatic heterocycles. The molecule has 1 aromatic carbocycles. The zero-order chi connectivity index (χ0) is 19.4. The van der Waals surface area contributed by atoms with E-state index in [2.05, 4.69) is 5.32 Å². The first-order chi connectivity index (χ1) is 12.5. The maximum atomic E-state index is 12.2. The summed E-state index contributed by atoms with van der Waals surface area (Å²) in [5.41, 5.74) is 0.955. The van der Waals surface area contributed by atoms with Crippen molar-refractivity contribution in [1.82, 2.24) is 10.2 Å². The summed E-state index contributed by atoms with van der Waals surface area (Å²) in [4.78, 5) is 14.2. The van der Waals surface area contributed by atoms with E-state index in [1.807, 2.05) is 37.1 Å². The molecule has 0 spiro atoms. The smallest absolute Gasteiger partial charge is 0.234 e. The summed E-state index contributed by atoms with van der Waals surface area (Å²) >= 11 is 0. The first kappa shape index (κ1) is 22.2. The van der Waals surface area contributed by atoms with Crippen molar-refractivity contribution < 1.29 is 23.7 Å². The zero-order valence-electron chi connectivity index (χ0n) is 16.5. The average molecular weight is 368 g/mol. The molecule has 1 unspecified atom stereocenters. The Morgan fingerprint density at radius 1 is 1.12 bits per heavy atom. The van der Waals surface area contributed by atoms with E-state index >= 15 is 0 Å². The van der Waals surface area contributed by atoms with Gasteiger partial charge < -0.3 is 24.3 Å². The fourth-order valence-corrected chi connectivity index (χ4v) is 2.48. The van der Waals surface area contributed by atoms with Crippen LogP contribution in [0.4, 0.5) is 0 Å². The molecule has 7 nitrogen and oxygen atoms in total. The van der Waals surface area contributed by atoms with E-state index in [9.17, 15) is 4.79 Å². The fraction of sp³-hybridized carbons (Fsp3) is 0.632. The average Bonchev–Trinajstić information content (AvgIpc) is 2.62. The van der Waals surface area contributed by atoms with Crippen molar-refractivity contribution in [2.24, 2.45) is 0 Å². The van der Waals surface area contributed by atoms with Crippen LogP contribution in [0.1, 0.15) is 24.9 Å². The van der Waals surface area contributed by atoms with Gasteiger partial charge in [0.1, 0.15) is 6.61 Å². The number of nitrogens with zero attached hydrogens (tertiary/aromatic N) is 1. The Balaban J connectivity index is 2.57. The van der Waals surface area contributed by atoms with Gasteiger partial charge in [-0.1, -0.05) is 6.07 Å². The summed E-state index contributed by atoms with van der Waals surface area (Å²) in [6.07, 6.45) is 0.900. The van der Waals surface area contributed by atoms with E-state index in [1.165, 1.54) is 0 Å². The fourth-order valence-electron chi connectivity index (χ4n) is 2.48. The number of carbonyl (C=O) groups is 1. The molecule has 148 valence electrons. The first-order valence-electron chi connectivity index (χ1n) is 8.78. The maximum absolute atomic E-state index is 12.2. The highest BCUT2D eigenvalue weighted by atomic mass is 16.5. The monoisotopic (exact) mass is 368 g/mol. The Morgan fingerprint density at radius 2 is 1.85 bits per heavy atom. The molecule has 1 atom stereocenters. The van der Waals surface area contributed by atoms with Crippen molar-refractivity contribution >= 4 is 5.91 Å². The van der Waals surface area contributed by atoms with Crippen LogP contribution in [-0.2, 0) is 14.3 Å². The normalized spacial score (nSPS) is 12.1. The molecule has 1 aromatic rings. The molecular weight excluding hydrogens is 336 g/mol. The summed E-state index contributed by atoms with van der Waals surface area (Å²) in [6.45, 7) is 4.77. The van der Waals surface area contributed by atoms with Crippen molar-refractivity contribution in [3.8, 4) is 11.5 Å². The van der Waals surface area contributed by atoms with Gasteiger partial charge in [-0.25, -0.2) is 0 Å². The number of amides is 1. The molecule has 1 rings (SSSR count). The lowest BCUT2D eigenvalue weighted by Crippen LogP contribution is -2.37. The molecule has 7 heteroatoms. The summed E-state index contributed by atoms with van der Waals surface area (Å²) in [5, 5.41) is 3.01. The van der Waals surface area contributed by atoms with Gasteiger partial charge in [0.25, 0.3) is 0 Å². The minimum atomic E-state index is -0.128. The maximum Gasteiger partial charge on any atom is 0.234 e. The van der Waals surface area contributed by atoms with Gasteiger partial charge in [-0.15, -0.1) is 0 Å². The summed E-state index contributed by atoms with van der Waals surface area (Å²) in [6, 6.07) is 5.54. The number of ether oxygens (including phenoxy) is 4. The molecule has 1 amide bonds. The van der Waals surface area contributed by atoms with Gasteiger partial charge in [-0.05, 0) is 38.1 Å². The molecule has 0 fully saturated rings. The van der Waals surface area contributed by atoms with Crippen LogP contribution >= 0.6 is 0 Å². The van der Waals surface area contributed by atoms with E-state index < -0.39 is 0 Å². The molecule has 26 heavy (non-hydrogen) atoms. The summed E-state index contributed by atoms with van der Waals surface area (Å²) in [7, 11) is 6.83. The summed E-state index contributed by atoms with van der Waals surface area (Å²) < 4.78 is 21.0. The predicted octanol–water partition coefficient (Wildman–Crippen LogP) is 1.87. The van der Waals surface area contributed by atoms with Gasteiger partial charge in [0, 0.05) is 27.4 Å². The van der Waals surface area contributed by atoms with Gasteiger partial charge in [-0.2, -0.15) is 0 Å². The van der Waals surface area contributed by atoms with Gasteiger partial charge in [0.2, 0.25) is 5.91 Å². The predicted molar refractivity (Wildman–Crippen MR) is 101 cm³/mol. The molecule has 0 heterocycles. The second kappa shape index (κ2) is 12.5. The second-order valence-corrected chi connectivity index (χ2v) is 6.12. The number of carbonyl (C=O) groups excluding carboxylic acids is 1. The SMILES string of the molecule is COCCCN(C)CC(=O)NC(C)c1ccc(OCCOC)c(OC)c1. The van der Waals surface area contributed by atoms with E-state index in [1.54, 1.807) is 21.3 Å². The number of likely N-dealkylation sites (N-methyl/N-ethyl adjacent to an activating group) is 1. The van der Waals surface area contributed by atoms with Crippen LogP contribution < -0.4 is 14.8 Å². The minimum absolute atomic E-state index is 0.0168. The Kier molecular flexibility index (Phi) is 10.7. The third-order valence-electron chi connectivity index (χ3n) is 3.91. The quantitative estimate of drug-likeness (QED) is 0.536. The highest BCUT2D eigenvalue weighted by molar-refractivity contribution is 5.78. The van der Waals surface area contributed by atoms with Crippen molar-refractivity contribution in [1.29, 1.82) is 0 Å². The standard InChI is InChI=1S/C19H32N2O5/c1-15(20-19(22)14-21(2)9-6-10-23-3)16-7-8-17(18(13-16)25-5)26-12-11-24-4/h7-8,13,15H,6,9-12,14H2,1-5H3,(H,20,22). The Bertz CT molecular complexity index is 539. The van der Waals surface area contributed by atoms with Crippen LogP contribution in [0.25, 0.3) is 0 Å². The second-order valence-electron chi connectivity index (χ2n) is 6.12. The molecule has 0 aliphatic rings. The van der Waals surface area contributed by atoms with E-state index in [0.29, 0.717) is 37.9 Å². The number of methoxy groups -OCH3 is 3. The van der Waals surface area contributed by atoms with Crippen LogP contribution in [0.15, 0.2) is 18.2 Å². The van der Waals surface area contributed by atoms with Crippen LogP contribution in [0.2, 0.25) is 0 Å². The van der Waals surface area contributed by atoms with Gasteiger partial charge in [0.05, 0.1) is 26.3 Å². The molecule has 0 saturated heterocycles. The third-order valence-corrected chi connectivity index (χ3v) is 3.91. The molecule has 0 aliphatic carbocycles. The molecule has 1 N–H and O–H groups in total. The van der Waals surface area contributed by atoms with Crippen LogP contribution in [0.5, 0.6) is 11.5 Å².